The van der Waals surface area contributed by atoms with Crippen LogP contribution >= 0.6 is 0 Å². The van der Waals surface area contributed by atoms with Crippen molar-refractivity contribution in [1.82, 2.24) is 15.1 Å². The first-order chi connectivity index (χ1) is 9.75. The number of piperidine rings is 1. The van der Waals surface area contributed by atoms with E-state index in [9.17, 15) is 0 Å². The minimum Gasteiger partial charge on any atom is -0.316 e. The van der Waals surface area contributed by atoms with Crippen LogP contribution in [0.4, 0.5) is 0 Å². The van der Waals surface area contributed by atoms with Gasteiger partial charge in [-0.1, -0.05) is 19.3 Å². The predicted molar refractivity (Wildman–Crippen MR) is 87.2 cm³/mol. The van der Waals surface area contributed by atoms with Crippen molar-refractivity contribution in [1.29, 1.82) is 0 Å². The molecule has 2 rings (SSSR count). The van der Waals surface area contributed by atoms with E-state index in [1.807, 2.05) is 0 Å². The summed E-state index contributed by atoms with van der Waals surface area (Å²) < 4.78 is 0. The fourth-order valence-corrected chi connectivity index (χ4v) is 3.90. The molecule has 1 N–H and O–H groups in total. The van der Waals surface area contributed by atoms with E-state index in [-0.39, 0.29) is 0 Å². The first kappa shape index (κ1) is 16.3. The van der Waals surface area contributed by atoms with E-state index in [4.69, 9.17) is 0 Å². The van der Waals surface area contributed by atoms with Gasteiger partial charge < -0.3 is 15.1 Å². The second-order valence-electron chi connectivity index (χ2n) is 7.10. The Morgan fingerprint density at radius 1 is 1.10 bits per heavy atom. The summed E-state index contributed by atoms with van der Waals surface area (Å²) in [6.45, 7) is 6.26. The molecule has 118 valence electrons. The minimum absolute atomic E-state index is 0.871. The average molecular weight is 281 g/mol. The Hall–Kier alpha value is -0.120. The molecule has 1 heterocycles. The van der Waals surface area contributed by atoms with Crippen LogP contribution in [0.2, 0.25) is 0 Å². The molecule has 1 saturated heterocycles. The maximum Gasteiger partial charge on any atom is 0.00922 e. The zero-order valence-corrected chi connectivity index (χ0v) is 13.7. The second kappa shape index (κ2) is 9.01. The van der Waals surface area contributed by atoms with Crippen LogP contribution in [0.3, 0.4) is 0 Å². The molecule has 1 aliphatic carbocycles. The largest absolute Gasteiger partial charge is 0.316 e. The van der Waals surface area contributed by atoms with E-state index < -0.39 is 0 Å². The van der Waals surface area contributed by atoms with Gasteiger partial charge in [0, 0.05) is 12.6 Å². The first-order valence-electron chi connectivity index (χ1n) is 8.85. The fourth-order valence-electron chi connectivity index (χ4n) is 3.90. The molecule has 1 aliphatic heterocycles. The third-order valence-corrected chi connectivity index (χ3v) is 5.22. The molecule has 0 aromatic heterocycles. The minimum atomic E-state index is 0.871. The van der Waals surface area contributed by atoms with E-state index in [1.54, 1.807) is 0 Å². The molecule has 0 spiro atoms. The van der Waals surface area contributed by atoms with Gasteiger partial charge in [-0.05, 0) is 78.3 Å². The Morgan fingerprint density at radius 3 is 2.65 bits per heavy atom. The monoisotopic (exact) mass is 281 g/mol. The van der Waals surface area contributed by atoms with Gasteiger partial charge in [0.1, 0.15) is 0 Å². The lowest BCUT2D eigenvalue weighted by atomic mass is 9.94. The average Bonchev–Trinajstić information content (AvgIpc) is 2.48. The highest BCUT2D eigenvalue weighted by Crippen LogP contribution is 2.21. The van der Waals surface area contributed by atoms with Gasteiger partial charge in [0.05, 0.1) is 0 Å². The van der Waals surface area contributed by atoms with Gasteiger partial charge in [0.15, 0.2) is 0 Å². The van der Waals surface area contributed by atoms with Crippen molar-refractivity contribution in [3.63, 3.8) is 0 Å². The quantitative estimate of drug-likeness (QED) is 0.724. The Morgan fingerprint density at radius 2 is 1.90 bits per heavy atom. The molecule has 1 atom stereocenters. The standard InChI is InChI=1S/C17H35N3/c1-19-12-6-8-16(15-19)14-18-11-7-13-20(2)17-9-4-3-5-10-17/h16-18H,3-15H2,1-2H3. The van der Waals surface area contributed by atoms with E-state index in [0.29, 0.717) is 0 Å². The maximum absolute atomic E-state index is 3.68. The van der Waals surface area contributed by atoms with E-state index in [2.05, 4.69) is 29.2 Å². The zero-order valence-electron chi connectivity index (χ0n) is 13.7. The van der Waals surface area contributed by atoms with Crippen molar-refractivity contribution in [2.75, 3.05) is 46.8 Å². The highest BCUT2D eigenvalue weighted by molar-refractivity contribution is 4.74. The molecule has 2 fully saturated rings. The number of likely N-dealkylation sites (tertiary alicyclic amines) is 1. The third-order valence-electron chi connectivity index (χ3n) is 5.22. The Labute approximate surface area is 126 Å². The van der Waals surface area contributed by atoms with Crippen LogP contribution in [0.1, 0.15) is 51.4 Å². The van der Waals surface area contributed by atoms with Gasteiger partial charge in [-0.2, -0.15) is 0 Å². The van der Waals surface area contributed by atoms with Gasteiger partial charge in [0.2, 0.25) is 0 Å². The van der Waals surface area contributed by atoms with Gasteiger partial charge in [-0.25, -0.2) is 0 Å². The van der Waals surface area contributed by atoms with Crippen molar-refractivity contribution in [2.24, 2.45) is 5.92 Å². The molecule has 2 aliphatic rings. The van der Waals surface area contributed by atoms with Crippen LogP contribution < -0.4 is 5.32 Å². The molecule has 0 amide bonds. The SMILES string of the molecule is CN1CCCC(CNCCCN(C)C2CCCCC2)C1. The van der Waals surface area contributed by atoms with Crippen molar-refractivity contribution < 1.29 is 0 Å². The molecule has 0 bridgehead atoms. The molecule has 20 heavy (non-hydrogen) atoms. The summed E-state index contributed by atoms with van der Waals surface area (Å²) >= 11 is 0. The lowest BCUT2D eigenvalue weighted by Crippen LogP contribution is -2.38. The fraction of sp³-hybridized carbons (Fsp3) is 1.00. The highest BCUT2D eigenvalue weighted by Gasteiger charge is 2.18. The van der Waals surface area contributed by atoms with Gasteiger partial charge in [0.25, 0.3) is 0 Å². The number of rotatable bonds is 7. The molecule has 3 nitrogen and oxygen atoms in total. The van der Waals surface area contributed by atoms with Crippen LogP contribution in [0.15, 0.2) is 0 Å². The van der Waals surface area contributed by atoms with Crippen molar-refractivity contribution in [3.05, 3.63) is 0 Å². The summed E-state index contributed by atoms with van der Waals surface area (Å²) in [5.41, 5.74) is 0. The summed E-state index contributed by atoms with van der Waals surface area (Å²) in [6, 6.07) is 0.871. The topological polar surface area (TPSA) is 18.5 Å². The zero-order chi connectivity index (χ0) is 14.2. The molecule has 0 aromatic carbocycles. The summed E-state index contributed by atoms with van der Waals surface area (Å²) in [5.74, 6) is 0.879. The molecule has 1 unspecified atom stereocenters. The number of nitrogens with one attached hydrogen (secondary N) is 1. The third kappa shape index (κ3) is 5.71. The highest BCUT2D eigenvalue weighted by atomic mass is 15.1. The molecule has 3 heteroatoms. The second-order valence-corrected chi connectivity index (χ2v) is 7.10. The van der Waals surface area contributed by atoms with E-state index in [1.165, 1.54) is 84.1 Å². The lowest BCUT2D eigenvalue weighted by Gasteiger charge is -2.31. The normalized spacial score (nSPS) is 26.2. The van der Waals surface area contributed by atoms with Crippen molar-refractivity contribution in [3.8, 4) is 0 Å². The molecule has 0 aromatic rings. The van der Waals surface area contributed by atoms with Crippen LogP contribution in [0, 0.1) is 5.92 Å². The summed E-state index contributed by atoms with van der Waals surface area (Å²) in [7, 11) is 4.58. The first-order valence-corrected chi connectivity index (χ1v) is 8.85. The molecule has 0 radical (unpaired) electrons. The molecular weight excluding hydrogens is 246 g/mol. The van der Waals surface area contributed by atoms with Crippen LogP contribution in [0.25, 0.3) is 0 Å². The number of nitrogens with zero attached hydrogens (tertiary/aromatic N) is 2. The van der Waals surface area contributed by atoms with E-state index in [0.717, 1.165) is 12.0 Å². The Balaban J connectivity index is 1.48. The van der Waals surface area contributed by atoms with Crippen molar-refractivity contribution >= 4 is 0 Å². The number of hydrogen-bond acceptors (Lipinski definition) is 3. The maximum atomic E-state index is 3.68. The number of hydrogen-bond donors (Lipinski definition) is 1. The lowest BCUT2D eigenvalue weighted by molar-refractivity contribution is 0.186. The molecule has 1 saturated carbocycles. The van der Waals surface area contributed by atoms with Crippen LogP contribution in [-0.4, -0.2) is 62.7 Å². The Bertz CT molecular complexity index is 251. The van der Waals surface area contributed by atoms with E-state index >= 15 is 0 Å². The van der Waals surface area contributed by atoms with Gasteiger partial charge >= 0.3 is 0 Å². The van der Waals surface area contributed by atoms with Gasteiger partial charge in [-0.3, -0.25) is 0 Å². The van der Waals surface area contributed by atoms with Crippen LogP contribution in [0.5, 0.6) is 0 Å². The van der Waals surface area contributed by atoms with Crippen molar-refractivity contribution in [2.45, 2.75) is 57.4 Å². The summed E-state index contributed by atoms with van der Waals surface area (Å²) in [4.78, 5) is 5.09. The molecular formula is C17H35N3. The Kier molecular flexibility index (Phi) is 7.32. The van der Waals surface area contributed by atoms with Crippen LogP contribution in [-0.2, 0) is 0 Å². The summed E-state index contributed by atoms with van der Waals surface area (Å²) in [5, 5.41) is 3.68. The van der Waals surface area contributed by atoms with Gasteiger partial charge in [-0.15, -0.1) is 0 Å². The predicted octanol–water partition coefficient (Wildman–Crippen LogP) is 2.57. The summed E-state index contributed by atoms with van der Waals surface area (Å²) in [6.07, 6.45) is 11.3. The smallest absolute Gasteiger partial charge is 0.00922 e.